The molecular formula is C12H12ClN3O2S. The average Bonchev–Trinajstić information content (AvgIpc) is 3.05. The standard InChI is InChI=1S/C12H12ClN3O2S/c13-5-11-6-14-15-12(11)19(17,18)16-7-9-3-1-2-4-10(9)8-16/h1-4,6H,5,7-8H2,(H,14,15). The van der Waals surface area contributed by atoms with E-state index in [4.69, 9.17) is 11.6 Å². The summed E-state index contributed by atoms with van der Waals surface area (Å²) >= 11 is 5.73. The maximum atomic E-state index is 12.5. The summed E-state index contributed by atoms with van der Waals surface area (Å²) in [5.41, 5.74) is 2.58. The Morgan fingerprint density at radius 3 is 2.47 bits per heavy atom. The Kier molecular flexibility index (Phi) is 3.08. The second-order valence-electron chi connectivity index (χ2n) is 4.40. The van der Waals surface area contributed by atoms with Crippen LogP contribution in [0.15, 0.2) is 35.5 Å². The molecule has 0 bridgehead atoms. The smallest absolute Gasteiger partial charge is 0.260 e. The minimum absolute atomic E-state index is 0.0929. The van der Waals surface area contributed by atoms with E-state index in [2.05, 4.69) is 10.2 Å². The number of fused-ring (bicyclic) bond motifs is 1. The Morgan fingerprint density at radius 2 is 1.89 bits per heavy atom. The highest BCUT2D eigenvalue weighted by atomic mass is 35.5. The lowest BCUT2D eigenvalue weighted by molar-refractivity contribution is 0.428. The second-order valence-corrected chi connectivity index (χ2v) is 6.54. The van der Waals surface area contributed by atoms with Gasteiger partial charge < -0.3 is 0 Å². The molecule has 0 saturated carbocycles. The Hall–Kier alpha value is -1.37. The number of aromatic amines is 1. The van der Waals surface area contributed by atoms with E-state index in [0.717, 1.165) is 11.1 Å². The van der Waals surface area contributed by atoms with Crippen molar-refractivity contribution in [2.75, 3.05) is 0 Å². The van der Waals surface area contributed by atoms with E-state index in [0.29, 0.717) is 18.7 Å². The molecule has 1 N–H and O–H groups in total. The van der Waals surface area contributed by atoms with E-state index in [9.17, 15) is 8.42 Å². The normalized spacial score (nSPS) is 15.6. The van der Waals surface area contributed by atoms with Crippen molar-refractivity contribution >= 4 is 21.6 Å². The number of hydrogen-bond donors (Lipinski definition) is 1. The third kappa shape index (κ3) is 2.05. The van der Waals surface area contributed by atoms with Crippen LogP contribution < -0.4 is 0 Å². The zero-order chi connectivity index (χ0) is 13.5. The zero-order valence-corrected chi connectivity index (χ0v) is 11.6. The molecule has 1 aromatic heterocycles. The van der Waals surface area contributed by atoms with Crippen LogP contribution in [-0.2, 0) is 29.0 Å². The quantitative estimate of drug-likeness (QED) is 0.879. The van der Waals surface area contributed by atoms with Gasteiger partial charge in [0.05, 0.1) is 12.1 Å². The Labute approximate surface area is 116 Å². The van der Waals surface area contributed by atoms with Gasteiger partial charge in [-0.3, -0.25) is 5.10 Å². The number of rotatable bonds is 3. The number of aromatic nitrogens is 2. The van der Waals surface area contributed by atoms with Crippen molar-refractivity contribution < 1.29 is 8.42 Å². The molecule has 1 aromatic carbocycles. The van der Waals surface area contributed by atoms with E-state index in [1.807, 2.05) is 24.3 Å². The molecule has 0 amide bonds. The van der Waals surface area contributed by atoms with Crippen molar-refractivity contribution in [3.05, 3.63) is 47.2 Å². The van der Waals surface area contributed by atoms with Gasteiger partial charge in [-0.15, -0.1) is 11.6 Å². The maximum Gasteiger partial charge on any atom is 0.260 e. The Morgan fingerprint density at radius 1 is 1.26 bits per heavy atom. The molecular weight excluding hydrogens is 286 g/mol. The first kappa shape index (κ1) is 12.7. The van der Waals surface area contributed by atoms with Gasteiger partial charge in [-0.2, -0.15) is 9.40 Å². The van der Waals surface area contributed by atoms with Crippen molar-refractivity contribution in [3.8, 4) is 0 Å². The van der Waals surface area contributed by atoms with E-state index >= 15 is 0 Å². The van der Waals surface area contributed by atoms with Gasteiger partial charge in [0.1, 0.15) is 0 Å². The fraction of sp³-hybridized carbons (Fsp3) is 0.250. The minimum atomic E-state index is -3.57. The fourth-order valence-corrected chi connectivity index (χ4v) is 4.00. The van der Waals surface area contributed by atoms with Gasteiger partial charge in [0.15, 0.2) is 5.03 Å². The van der Waals surface area contributed by atoms with Crippen LogP contribution in [0.5, 0.6) is 0 Å². The van der Waals surface area contributed by atoms with Crippen LogP contribution in [0.25, 0.3) is 0 Å². The molecule has 0 atom stereocenters. The fourth-order valence-electron chi connectivity index (χ4n) is 2.22. The molecule has 1 aliphatic heterocycles. The summed E-state index contributed by atoms with van der Waals surface area (Å²) in [6, 6.07) is 7.71. The lowest BCUT2D eigenvalue weighted by Gasteiger charge is -2.14. The Balaban J connectivity index is 1.96. The van der Waals surface area contributed by atoms with E-state index in [-0.39, 0.29) is 10.9 Å². The molecule has 2 aromatic rings. The highest BCUT2D eigenvalue weighted by molar-refractivity contribution is 7.89. The lowest BCUT2D eigenvalue weighted by atomic mass is 10.1. The van der Waals surface area contributed by atoms with Crippen molar-refractivity contribution in [2.24, 2.45) is 0 Å². The largest absolute Gasteiger partial charge is 0.266 e. The van der Waals surface area contributed by atoms with Crippen LogP contribution in [0.4, 0.5) is 0 Å². The van der Waals surface area contributed by atoms with Gasteiger partial charge >= 0.3 is 0 Å². The molecule has 1 aliphatic rings. The van der Waals surface area contributed by atoms with E-state index in [1.165, 1.54) is 10.5 Å². The van der Waals surface area contributed by atoms with Crippen molar-refractivity contribution in [2.45, 2.75) is 24.0 Å². The third-order valence-electron chi connectivity index (χ3n) is 3.23. The van der Waals surface area contributed by atoms with Crippen LogP contribution in [0.2, 0.25) is 0 Å². The molecule has 0 fully saturated rings. The number of nitrogens with one attached hydrogen (secondary N) is 1. The van der Waals surface area contributed by atoms with Gasteiger partial charge in [0.25, 0.3) is 10.0 Å². The maximum absolute atomic E-state index is 12.5. The lowest BCUT2D eigenvalue weighted by Crippen LogP contribution is -2.26. The summed E-state index contributed by atoms with van der Waals surface area (Å²) < 4.78 is 26.5. The van der Waals surface area contributed by atoms with Gasteiger partial charge in [0.2, 0.25) is 0 Å². The van der Waals surface area contributed by atoms with E-state index in [1.54, 1.807) is 0 Å². The summed E-state index contributed by atoms with van der Waals surface area (Å²) in [5.74, 6) is 0.117. The van der Waals surface area contributed by atoms with Crippen LogP contribution in [0, 0.1) is 0 Å². The number of H-pyrrole nitrogens is 1. The average molecular weight is 298 g/mol. The molecule has 0 unspecified atom stereocenters. The number of nitrogens with zero attached hydrogens (tertiary/aromatic N) is 2. The molecule has 19 heavy (non-hydrogen) atoms. The number of sulfonamides is 1. The molecule has 3 rings (SSSR count). The number of halogens is 1. The van der Waals surface area contributed by atoms with Gasteiger partial charge in [-0.25, -0.2) is 8.42 Å². The van der Waals surface area contributed by atoms with Gasteiger partial charge in [-0.1, -0.05) is 24.3 Å². The molecule has 0 radical (unpaired) electrons. The van der Waals surface area contributed by atoms with Crippen molar-refractivity contribution in [1.29, 1.82) is 0 Å². The first-order valence-electron chi connectivity index (χ1n) is 5.78. The van der Waals surface area contributed by atoms with Crippen LogP contribution in [0.1, 0.15) is 16.7 Å². The molecule has 100 valence electrons. The molecule has 7 heteroatoms. The van der Waals surface area contributed by atoms with E-state index < -0.39 is 10.0 Å². The first-order chi connectivity index (χ1) is 9.13. The minimum Gasteiger partial charge on any atom is -0.266 e. The molecule has 5 nitrogen and oxygen atoms in total. The molecule has 0 saturated heterocycles. The summed E-state index contributed by atoms with van der Waals surface area (Å²) in [4.78, 5) is 0. The SMILES string of the molecule is O=S(=O)(c1[nH]ncc1CCl)N1Cc2ccccc2C1. The zero-order valence-electron chi connectivity index (χ0n) is 10.0. The highest BCUT2D eigenvalue weighted by Crippen LogP contribution is 2.29. The molecule has 0 spiro atoms. The summed E-state index contributed by atoms with van der Waals surface area (Å²) in [6.45, 7) is 0.776. The second kappa shape index (κ2) is 4.63. The monoisotopic (exact) mass is 297 g/mol. The predicted octanol–water partition coefficient (Wildman–Crippen LogP) is 1.85. The highest BCUT2D eigenvalue weighted by Gasteiger charge is 2.32. The first-order valence-corrected chi connectivity index (χ1v) is 7.75. The number of hydrogen-bond acceptors (Lipinski definition) is 3. The van der Waals surface area contributed by atoms with Crippen LogP contribution in [-0.4, -0.2) is 22.9 Å². The summed E-state index contributed by atoms with van der Waals surface area (Å²) in [7, 11) is -3.57. The van der Waals surface area contributed by atoms with Crippen LogP contribution >= 0.6 is 11.6 Å². The van der Waals surface area contributed by atoms with Gasteiger partial charge in [0, 0.05) is 18.7 Å². The van der Waals surface area contributed by atoms with Crippen LogP contribution in [0.3, 0.4) is 0 Å². The summed E-state index contributed by atoms with van der Waals surface area (Å²) in [5, 5.41) is 6.39. The summed E-state index contributed by atoms with van der Waals surface area (Å²) in [6.07, 6.45) is 1.45. The topological polar surface area (TPSA) is 66.1 Å². The molecule has 0 aliphatic carbocycles. The predicted molar refractivity (Wildman–Crippen MR) is 71.0 cm³/mol. The molecule has 2 heterocycles. The number of alkyl halides is 1. The van der Waals surface area contributed by atoms with Crippen molar-refractivity contribution in [3.63, 3.8) is 0 Å². The Bertz CT molecular complexity index is 686. The van der Waals surface area contributed by atoms with Crippen molar-refractivity contribution in [1.82, 2.24) is 14.5 Å². The third-order valence-corrected chi connectivity index (χ3v) is 5.33. The van der Waals surface area contributed by atoms with Gasteiger partial charge in [-0.05, 0) is 11.1 Å². The number of benzene rings is 1.